The summed E-state index contributed by atoms with van der Waals surface area (Å²) in [6.45, 7) is 3.79. The van der Waals surface area contributed by atoms with Crippen molar-refractivity contribution < 1.29 is 19.2 Å². The number of hydroxylamine groups is 2. The van der Waals surface area contributed by atoms with Crippen molar-refractivity contribution in [1.29, 1.82) is 0 Å². The van der Waals surface area contributed by atoms with Crippen LogP contribution < -0.4 is 0 Å². The summed E-state index contributed by atoms with van der Waals surface area (Å²) < 4.78 is 13.1. The van der Waals surface area contributed by atoms with Crippen molar-refractivity contribution in [3.05, 3.63) is 41.3 Å². The predicted molar refractivity (Wildman–Crippen MR) is 74.9 cm³/mol. The zero-order valence-corrected chi connectivity index (χ0v) is 11.7. The third-order valence-electron chi connectivity index (χ3n) is 2.86. The first kappa shape index (κ1) is 15.1. The predicted octanol–water partition coefficient (Wildman–Crippen LogP) is 2.41. The van der Waals surface area contributed by atoms with Crippen LogP contribution in [0.1, 0.15) is 25.8 Å². The largest absolute Gasteiger partial charge is 0.303 e. The van der Waals surface area contributed by atoms with Crippen LogP contribution in [-0.4, -0.2) is 27.8 Å². The van der Waals surface area contributed by atoms with Gasteiger partial charge in [0.15, 0.2) is 0 Å². The Morgan fingerprint density at radius 1 is 1.33 bits per heavy atom. The topological polar surface area (TPSA) is 70.0 Å². The molecule has 1 N–H and O–H groups in total. The number of benzene rings is 1. The summed E-state index contributed by atoms with van der Waals surface area (Å²) in [5.41, 5.74) is 0.432. The normalized spacial score (nSPS) is 17.7. The second-order valence-corrected chi connectivity index (χ2v) is 5.16. The van der Waals surface area contributed by atoms with E-state index in [1.165, 1.54) is 24.3 Å². The van der Waals surface area contributed by atoms with Crippen molar-refractivity contribution in [3.8, 4) is 0 Å². The molecule has 0 spiro atoms. The van der Waals surface area contributed by atoms with Crippen LogP contribution in [0.4, 0.5) is 4.39 Å². The minimum absolute atomic E-state index is 0.0514. The van der Waals surface area contributed by atoms with Crippen LogP contribution in [-0.2, 0) is 9.59 Å². The molecule has 0 unspecified atom stereocenters. The molecule has 0 aromatic heterocycles. The Labute approximate surface area is 121 Å². The van der Waals surface area contributed by atoms with Crippen molar-refractivity contribution in [2.75, 3.05) is 0 Å². The summed E-state index contributed by atoms with van der Waals surface area (Å²) in [4.78, 5) is 27.6. The molecular weight excluding hydrogens is 275 g/mol. The Kier molecular flexibility index (Phi) is 4.28. The van der Waals surface area contributed by atoms with E-state index in [4.69, 9.17) is 0 Å². The van der Waals surface area contributed by atoms with E-state index in [-0.39, 0.29) is 22.4 Å². The van der Waals surface area contributed by atoms with Gasteiger partial charge in [-0.25, -0.2) is 9.38 Å². The smallest absolute Gasteiger partial charge is 0.278 e. The van der Waals surface area contributed by atoms with Crippen LogP contribution >= 0.6 is 0 Å². The molecule has 5 nitrogen and oxygen atoms in total. The number of nitrogens with zero attached hydrogens (tertiary/aromatic N) is 2. The maximum atomic E-state index is 13.1. The monoisotopic (exact) mass is 290 g/mol. The van der Waals surface area contributed by atoms with Crippen molar-refractivity contribution in [2.45, 2.75) is 20.3 Å². The Balaban J connectivity index is 2.43. The minimum atomic E-state index is -0.920. The SMILES string of the molecule is CC(C)CC1=N/C(=C\c2cccc(F)c2)C(=O)N(O)C1=O. The molecule has 1 aromatic rings. The van der Waals surface area contributed by atoms with Crippen LogP contribution in [0.25, 0.3) is 6.08 Å². The van der Waals surface area contributed by atoms with E-state index in [1.807, 2.05) is 13.8 Å². The zero-order chi connectivity index (χ0) is 15.6. The number of carbonyl (C=O) groups excluding carboxylic acids is 2. The highest BCUT2D eigenvalue weighted by Crippen LogP contribution is 2.18. The van der Waals surface area contributed by atoms with Gasteiger partial charge in [0.25, 0.3) is 5.91 Å². The molecule has 21 heavy (non-hydrogen) atoms. The summed E-state index contributed by atoms with van der Waals surface area (Å²) in [6, 6.07) is 5.60. The maximum Gasteiger partial charge on any atom is 0.303 e. The Morgan fingerprint density at radius 2 is 2.05 bits per heavy atom. The molecule has 1 heterocycles. The van der Waals surface area contributed by atoms with Gasteiger partial charge in [-0.2, -0.15) is 0 Å². The maximum absolute atomic E-state index is 13.1. The molecule has 0 saturated carbocycles. The van der Waals surface area contributed by atoms with Gasteiger partial charge in [-0.3, -0.25) is 14.8 Å². The Morgan fingerprint density at radius 3 is 2.67 bits per heavy atom. The second kappa shape index (κ2) is 5.97. The molecule has 1 aliphatic rings. The molecule has 0 atom stereocenters. The number of hydrogen-bond donors (Lipinski definition) is 1. The zero-order valence-electron chi connectivity index (χ0n) is 11.7. The number of imide groups is 1. The highest BCUT2D eigenvalue weighted by Gasteiger charge is 2.32. The molecule has 0 aliphatic carbocycles. The molecule has 2 rings (SSSR count). The molecule has 0 fully saturated rings. The number of amides is 2. The quantitative estimate of drug-likeness (QED) is 0.528. The van der Waals surface area contributed by atoms with E-state index in [9.17, 15) is 19.2 Å². The fourth-order valence-electron chi connectivity index (χ4n) is 1.93. The highest BCUT2D eigenvalue weighted by atomic mass is 19.1. The van der Waals surface area contributed by atoms with Gasteiger partial charge in [0.05, 0.1) is 0 Å². The van der Waals surface area contributed by atoms with Crippen molar-refractivity contribution >= 4 is 23.6 Å². The van der Waals surface area contributed by atoms with Crippen LogP contribution in [0.3, 0.4) is 0 Å². The molecule has 1 aromatic carbocycles. The van der Waals surface area contributed by atoms with Crippen LogP contribution in [0, 0.1) is 11.7 Å². The minimum Gasteiger partial charge on any atom is -0.278 e. The van der Waals surface area contributed by atoms with E-state index in [1.54, 1.807) is 6.07 Å². The van der Waals surface area contributed by atoms with Crippen LogP contribution in [0.5, 0.6) is 0 Å². The fraction of sp³-hybridized carbons (Fsp3) is 0.267. The molecule has 110 valence electrons. The van der Waals surface area contributed by atoms with Crippen molar-refractivity contribution in [3.63, 3.8) is 0 Å². The lowest BCUT2D eigenvalue weighted by Crippen LogP contribution is -2.43. The van der Waals surface area contributed by atoms with Gasteiger partial charge in [-0.15, -0.1) is 5.06 Å². The molecule has 2 amide bonds. The number of aliphatic imine (C=N–C) groups is 1. The number of hydrogen-bond acceptors (Lipinski definition) is 4. The van der Waals surface area contributed by atoms with Crippen LogP contribution in [0.15, 0.2) is 35.0 Å². The van der Waals surface area contributed by atoms with Gasteiger partial charge in [0.2, 0.25) is 0 Å². The average Bonchev–Trinajstić information content (AvgIpc) is 2.41. The van der Waals surface area contributed by atoms with Crippen molar-refractivity contribution in [2.24, 2.45) is 10.9 Å². The van der Waals surface area contributed by atoms with E-state index >= 15 is 0 Å². The van der Waals surface area contributed by atoms with E-state index in [2.05, 4.69) is 4.99 Å². The van der Waals surface area contributed by atoms with E-state index in [0.29, 0.717) is 12.0 Å². The summed E-state index contributed by atoms with van der Waals surface area (Å²) in [7, 11) is 0. The molecule has 0 radical (unpaired) electrons. The Bertz CT molecular complexity index is 650. The number of carbonyl (C=O) groups is 2. The summed E-state index contributed by atoms with van der Waals surface area (Å²) in [5, 5.41) is 9.62. The molecule has 1 aliphatic heterocycles. The second-order valence-electron chi connectivity index (χ2n) is 5.16. The van der Waals surface area contributed by atoms with Crippen LogP contribution in [0.2, 0.25) is 0 Å². The average molecular weight is 290 g/mol. The summed E-state index contributed by atoms with van der Waals surface area (Å²) >= 11 is 0. The molecule has 6 heteroatoms. The van der Waals surface area contributed by atoms with Crippen molar-refractivity contribution in [1.82, 2.24) is 5.06 Å². The van der Waals surface area contributed by atoms with E-state index in [0.717, 1.165) is 0 Å². The molecular formula is C15H15FN2O3. The van der Waals surface area contributed by atoms with Gasteiger partial charge in [0.1, 0.15) is 17.2 Å². The highest BCUT2D eigenvalue weighted by molar-refractivity contribution is 6.43. The first-order valence-electron chi connectivity index (χ1n) is 6.51. The molecule has 0 bridgehead atoms. The van der Waals surface area contributed by atoms with Gasteiger partial charge in [-0.1, -0.05) is 26.0 Å². The Hall–Kier alpha value is -2.34. The number of halogens is 1. The lowest BCUT2D eigenvalue weighted by atomic mass is 10.0. The first-order valence-corrected chi connectivity index (χ1v) is 6.51. The summed E-state index contributed by atoms with van der Waals surface area (Å²) in [6.07, 6.45) is 1.67. The standard InChI is InChI=1S/C15H15FN2O3/c1-9(2)6-12-14(19)18(21)15(20)13(17-12)8-10-4-3-5-11(16)7-10/h3-5,7-9,21H,6H2,1-2H3/b13-8-. The van der Waals surface area contributed by atoms with Gasteiger partial charge in [-0.05, 0) is 36.1 Å². The molecule has 0 saturated heterocycles. The lowest BCUT2D eigenvalue weighted by molar-refractivity contribution is -0.171. The number of rotatable bonds is 3. The van der Waals surface area contributed by atoms with Gasteiger partial charge >= 0.3 is 5.91 Å². The third-order valence-corrected chi connectivity index (χ3v) is 2.86. The van der Waals surface area contributed by atoms with E-state index < -0.39 is 17.6 Å². The van der Waals surface area contributed by atoms with Gasteiger partial charge < -0.3 is 0 Å². The first-order chi connectivity index (χ1) is 9.88. The fourth-order valence-corrected chi connectivity index (χ4v) is 1.93. The third kappa shape index (κ3) is 3.41. The van der Waals surface area contributed by atoms with Gasteiger partial charge in [0, 0.05) is 0 Å². The lowest BCUT2D eigenvalue weighted by Gasteiger charge is -2.20. The summed E-state index contributed by atoms with van der Waals surface area (Å²) in [5.74, 6) is -2.04.